The number of hydroxylamine groups is 1. The third kappa shape index (κ3) is 4.17. The number of benzene rings is 1. The fraction of sp³-hybridized carbons (Fsp3) is 0.636. The van der Waals surface area contributed by atoms with E-state index < -0.39 is 17.9 Å². The predicted molar refractivity (Wildman–Crippen MR) is 112 cm³/mol. The van der Waals surface area contributed by atoms with Crippen LogP contribution in [0.1, 0.15) is 19.3 Å². The Morgan fingerprint density at radius 1 is 1.20 bits per heavy atom. The van der Waals surface area contributed by atoms with Crippen molar-refractivity contribution in [3.05, 3.63) is 30.3 Å². The van der Waals surface area contributed by atoms with Gasteiger partial charge in [-0.2, -0.15) is 0 Å². The highest BCUT2D eigenvalue weighted by atomic mass is 16.5. The molecule has 1 aromatic carbocycles. The number of nitrogens with one attached hydrogen (secondary N) is 2. The number of methoxy groups -OCH3 is 1. The average Bonchev–Trinajstić information content (AvgIpc) is 3.48. The summed E-state index contributed by atoms with van der Waals surface area (Å²) in [7, 11) is 1.70. The molecule has 4 atom stereocenters. The Balaban J connectivity index is 1.38. The van der Waals surface area contributed by atoms with Crippen molar-refractivity contribution in [3.63, 3.8) is 0 Å². The quantitative estimate of drug-likeness (QED) is 0.471. The number of carbonyl (C=O) groups excluding carboxylic acids is 2. The SMILES string of the molecule is COCCC1CC12CN[C@H](C(=O)N1CCN(c3ccccc3)CC1)[C@@H](C(=O)NO)C2. The molecule has 2 unspecified atom stereocenters. The van der Waals surface area contributed by atoms with Crippen molar-refractivity contribution in [1.82, 2.24) is 15.7 Å². The van der Waals surface area contributed by atoms with Crippen LogP contribution in [-0.2, 0) is 14.3 Å². The second-order valence-electron chi connectivity index (χ2n) is 8.84. The van der Waals surface area contributed by atoms with E-state index in [4.69, 9.17) is 4.74 Å². The summed E-state index contributed by atoms with van der Waals surface area (Å²) in [6.45, 7) is 4.22. The third-order valence-electron chi connectivity index (χ3n) is 7.16. The number of para-hydroxylation sites is 1. The molecule has 2 saturated heterocycles. The minimum Gasteiger partial charge on any atom is -0.385 e. The van der Waals surface area contributed by atoms with Crippen LogP contribution < -0.4 is 15.7 Å². The van der Waals surface area contributed by atoms with Gasteiger partial charge in [-0.3, -0.25) is 14.8 Å². The van der Waals surface area contributed by atoms with E-state index in [0.29, 0.717) is 32.0 Å². The molecule has 0 aromatic heterocycles. The highest BCUT2D eigenvalue weighted by Crippen LogP contribution is 2.59. The van der Waals surface area contributed by atoms with Crippen LogP contribution in [0.5, 0.6) is 0 Å². The molecule has 8 heteroatoms. The van der Waals surface area contributed by atoms with E-state index in [2.05, 4.69) is 22.3 Å². The summed E-state index contributed by atoms with van der Waals surface area (Å²) in [5.74, 6) is -0.569. The van der Waals surface area contributed by atoms with Gasteiger partial charge in [-0.05, 0) is 42.7 Å². The molecule has 8 nitrogen and oxygen atoms in total. The van der Waals surface area contributed by atoms with Crippen LogP contribution in [0.15, 0.2) is 30.3 Å². The molecule has 3 fully saturated rings. The smallest absolute Gasteiger partial charge is 0.248 e. The average molecular weight is 417 g/mol. The summed E-state index contributed by atoms with van der Waals surface area (Å²) in [5, 5.41) is 12.6. The van der Waals surface area contributed by atoms with Crippen LogP contribution in [0.4, 0.5) is 5.69 Å². The van der Waals surface area contributed by atoms with Gasteiger partial charge in [0.05, 0.1) is 12.0 Å². The maximum atomic E-state index is 13.3. The minimum atomic E-state index is -0.588. The van der Waals surface area contributed by atoms with Gasteiger partial charge in [0, 0.05) is 52.1 Å². The molecular weight excluding hydrogens is 384 g/mol. The number of ether oxygens (including phenoxy) is 1. The van der Waals surface area contributed by atoms with Gasteiger partial charge >= 0.3 is 0 Å². The van der Waals surface area contributed by atoms with Gasteiger partial charge in [0.2, 0.25) is 11.8 Å². The van der Waals surface area contributed by atoms with Gasteiger partial charge < -0.3 is 19.9 Å². The van der Waals surface area contributed by atoms with Crippen LogP contribution in [0.25, 0.3) is 0 Å². The summed E-state index contributed by atoms with van der Waals surface area (Å²) in [6.07, 6.45) is 2.63. The first kappa shape index (κ1) is 21.1. The Morgan fingerprint density at radius 2 is 1.93 bits per heavy atom. The number of nitrogens with zero attached hydrogens (tertiary/aromatic N) is 2. The lowest BCUT2D eigenvalue weighted by molar-refractivity contribution is -0.145. The molecule has 0 bridgehead atoms. The zero-order chi connectivity index (χ0) is 21.1. The van der Waals surface area contributed by atoms with Crippen LogP contribution in [0, 0.1) is 17.3 Å². The monoisotopic (exact) mass is 416 g/mol. The van der Waals surface area contributed by atoms with E-state index in [1.807, 2.05) is 23.1 Å². The maximum absolute atomic E-state index is 13.3. The minimum absolute atomic E-state index is 0.0402. The van der Waals surface area contributed by atoms with Crippen molar-refractivity contribution in [2.24, 2.45) is 17.3 Å². The number of piperidine rings is 1. The molecule has 2 amide bonds. The van der Waals surface area contributed by atoms with Crippen LogP contribution in [-0.4, -0.2) is 74.4 Å². The second kappa shape index (κ2) is 8.91. The Bertz CT molecular complexity index is 753. The summed E-state index contributed by atoms with van der Waals surface area (Å²) in [4.78, 5) is 29.8. The van der Waals surface area contributed by atoms with Gasteiger partial charge in [-0.1, -0.05) is 18.2 Å². The molecule has 1 saturated carbocycles. The molecule has 1 aliphatic carbocycles. The Labute approximate surface area is 177 Å². The molecule has 3 N–H and O–H groups in total. The lowest BCUT2D eigenvalue weighted by atomic mass is 9.79. The number of amides is 2. The van der Waals surface area contributed by atoms with E-state index in [-0.39, 0.29) is 11.3 Å². The molecular formula is C22H32N4O4. The zero-order valence-corrected chi connectivity index (χ0v) is 17.5. The fourth-order valence-electron chi connectivity index (χ4n) is 5.26. The lowest BCUT2D eigenvalue weighted by Gasteiger charge is -2.41. The molecule has 3 aliphatic rings. The van der Waals surface area contributed by atoms with Crippen LogP contribution >= 0.6 is 0 Å². The van der Waals surface area contributed by atoms with Gasteiger partial charge in [0.1, 0.15) is 0 Å². The largest absolute Gasteiger partial charge is 0.385 e. The first-order valence-corrected chi connectivity index (χ1v) is 10.8. The van der Waals surface area contributed by atoms with Gasteiger partial charge in [-0.25, -0.2) is 5.48 Å². The second-order valence-corrected chi connectivity index (χ2v) is 8.84. The highest BCUT2D eigenvalue weighted by molar-refractivity contribution is 5.90. The Hall–Kier alpha value is -2.16. The number of carbonyl (C=O) groups is 2. The number of anilines is 1. The van der Waals surface area contributed by atoms with E-state index >= 15 is 0 Å². The van der Waals surface area contributed by atoms with Gasteiger partial charge in [0.15, 0.2) is 0 Å². The maximum Gasteiger partial charge on any atom is 0.248 e. The molecule has 164 valence electrons. The topological polar surface area (TPSA) is 94.1 Å². The standard InChI is InChI=1S/C22H32N4O4/c1-30-12-7-16-13-22(16)14-18(20(27)24-29)19(23-15-22)21(28)26-10-8-25(9-11-26)17-5-3-2-4-6-17/h2-6,16,18-19,23,29H,7-15H2,1H3,(H,24,27)/t16?,18-,19-,22?/m0/s1. The fourth-order valence-corrected chi connectivity index (χ4v) is 5.26. The molecule has 1 aromatic rings. The highest BCUT2D eigenvalue weighted by Gasteiger charge is 2.59. The van der Waals surface area contributed by atoms with Crippen LogP contribution in [0.3, 0.4) is 0 Å². The van der Waals surface area contributed by atoms with Crippen molar-refractivity contribution in [3.8, 4) is 0 Å². The number of rotatable bonds is 6. The molecule has 30 heavy (non-hydrogen) atoms. The summed E-state index contributed by atoms with van der Waals surface area (Å²) in [5.41, 5.74) is 2.99. The number of piperazine rings is 1. The van der Waals surface area contributed by atoms with Crippen molar-refractivity contribution < 1.29 is 19.5 Å². The van der Waals surface area contributed by atoms with E-state index in [1.54, 1.807) is 12.6 Å². The molecule has 2 heterocycles. The summed E-state index contributed by atoms with van der Waals surface area (Å²) in [6, 6.07) is 9.61. The Kier molecular flexibility index (Phi) is 6.26. The predicted octanol–water partition coefficient (Wildman–Crippen LogP) is 0.862. The first-order valence-electron chi connectivity index (χ1n) is 10.8. The summed E-state index contributed by atoms with van der Waals surface area (Å²) >= 11 is 0. The molecule has 1 spiro atoms. The molecule has 4 rings (SSSR count). The normalized spacial score (nSPS) is 30.9. The number of hydrogen-bond acceptors (Lipinski definition) is 6. The third-order valence-corrected chi connectivity index (χ3v) is 7.16. The van der Waals surface area contributed by atoms with E-state index in [9.17, 15) is 14.8 Å². The molecule has 0 radical (unpaired) electrons. The number of hydrogen-bond donors (Lipinski definition) is 3. The van der Waals surface area contributed by atoms with Crippen LogP contribution in [0.2, 0.25) is 0 Å². The van der Waals surface area contributed by atoms with Gasteiger partial charge in [0.25, 0.3) is 0 Å². The first-order chi connectivity index (χ1) is 14.6. The van der Waals surface area contributed by atoms with Crippen molar-refractivity contribution in [2.75, 3.05) is 51.3 Å². The summed E-state index contributed by atoms with van der Waals surface area (Å²) < 4.78 is 5.20. The van der Waals surface area contributed by atoms with E-state index in [0.717, 1.165) is 38.2 Å². The van der Waals surface area contributed by atoms with Gasteiger partial charge in [-0.15, -0.1) is 0 Å². The van der Waals surface area contributed by atoms with Crippen molar-refractivity contribution in [1.29, 1.82) is 0 Å². The zero-order valence-electron chi connectivity index (χ0n) is 17.5. The lowest BCUT2D eigenvalue weighted by Crippen LogP contribution is -2.61. The van der Waals surface area contributed by atoms with Crippen molar-refractivity contribution >= 4 is 17.5 Å². The Morgan fingerprint density at radius 3 is 2.60 bits per heavy atom. The molecule has 2 aliphatic heterocycles. The van der Waals surface area contributed by atoms with E-state index in [1.165, 1.54) is 0 Å². The van der Waals surface area contributed by atoms with Crippen molar-refractivity contribution in [2.45, 2.75) is 25.3 Å².